The summed E-state index contributed by atoms with van der Waals surface area (Å²) in [6.07, 6.45) is -3.40. The Labute approximate surface area is 160 Å². The lowest BCUT2D eigenvalue weighted by atomic mass is 9.96. The van der Waals surface area contributed by atoms with E-state index in [0.29, 0.717) is 0 Å². The zero-order valence-electron chi connectivity index (χ0n) is 14.2. The maximum Gasteiger partial charge on any atom is 0.631 e. The molecule has 0 bridgehead atoms. The van der Waals surface area contributed by atoms with Crippen LogP contribution < -0.4 is 0 Å². The van der Waals surface area contributed by atoms with Crippen LogP contribution in [0.2, 0.25) is 0 Å². The van der Waals surface area contributed by atoms with Crippen molar-refractivity contribution in [3.63, 3.8) is 0 Å². The van der Waals surface area contributed by atoms with Gasteiger partial charge in [0.2, 0.25) is 0 Å². The van der Waals surface area contributed by atoms with Crippen LogP contribution in [-0.2, 0) is 33.1 Å². The van der Waals surface area contributed by atoms with Crippen molar-refractivity contribution in [2.24, 2.45) is 0 Å². The van der Waals surface area contributed by atoms with Crippen LogP contribution >= 0.6 is 7.82 Å². The smallest absolute Gasteiger partial charge is 0.481 e. The van der Waals surface area contributed by atoms with Crippen molar-refractivity contribution in [2.75, 3.05) is 0 Å². The maximum atomic E-state index is 10.8. The minimum absolute atomic E-state index is 0.296. The molecule has 0 aliphatic carbocycles. The van der Waals surface area contributed by atoms with E-state index in [0.717, 1.165) is 0 Å². The first-order chi connectivity index (χ1) is 12.8. The molecular formula is C10H18BO17P. The molecule has 0 saturated carbocycles. The van der Waals surface area contributed by atoms with Gasteiger partial charge in [-0.05, 0) is 0 Å². The van der Waals surface area contributed by atoms with Crippen molar-refractivity contribution in [2.45, 2.75) is 31.3 Å². The van der Waals surface area contributed by atoms with Crippen LogP contribution in [0.3, 0.4) is 0 Å². The SMILES string of the molecule is O=C(O)CC(CC(=O)O)(OP(=O)(O)O)C(=O)O.O=C(O)CCC(=O)O.OB(O)O. The third-order valence-electron chi connectivity index (χ3n) is 2.11. The highest BCUT2D eigenvalue weighted by Crippen LogP contribution is 2.44. The van der Waals surface area contributed by atoms with Crippen molar-refractivity contribution in [3.8, 4) is 0 Å². The van der Waals surface area contributed by atoms with Crippen molar-refractivity contribution >= 4 is 45.0 Å². The van der Waals surface area contributed by atoms with E-state index in [1.165, 1.54) is 0 Å². The summed E-state index contributed by atoms with van der Waals surface area (Å²) in [6, 6.07) is 0. The maximum absolute atomic E-state index is 10.8. The van der Waals surface area contributed by atoms with Gasteiger partial charge in [0.25, 0.3) is 0 Å². The second kappa shape index (κ2) is 14.4. The number of hydrogen-bond donors (Lipinski definition) is 10. The van der Waals surface area contributed by atoms with E-state index in [9.17, 15) is 28.5 Å². The molecule has 0 aliphatic heterocycles. The molecule has 0 aromatic rings. The van der Waals surface area contributed by atoms with E-state index in [2.05, 4.69) is 4.52 Å². The Morgan fingerprint density at radius 3 is 1.14 bits per heavy atom. The summed E-state index contributed by atoms with van der Waals surface area (Å²) in [5, 5.41) is 62.8. The Hall–Kier alpha value is -2.60. The van der Waals surface area contributed by atoms with Gasteiger partial charge < -0.3 is 50.4 Å². The van der Waals surface area contributed by atoms with Crippen LogP contribution in [0.1, 0.15) is 25.7 Å². The zero-order chi connectivity index (χ0) is 24.0. The topological polar surface area (TPSA) is 314 Å². The van der Waals surface area contributed by atoms with Gasteiger partial charge in [0, 0.05) is 0 Å². The van der Waals surface area contributed by atoms with Crippen molar-refractivity contribution in [1.29, 1.82) is 0 Å². The van der Waals surface area contributed by atoms with Crippen molar-refractivity contribution < 1.29 is 83.5 Å². The largest absolute Gasteiger partial charge is 0.631 e. The highest BCUT2D eigenvalue weighted by Gasteiger charge is 2.49. The second-order valence-electron chi connectivity index (χ2n) is 4.66. The summed E-state index contributed by atoms with van der Waals surface area (Å²) in [4.78, 5) is 67.8. The number of carboxylic acid groups (broad SMARTS) is 5. The molecule has 0 atom stereocenters. The Morgan fingerprint density at radius 1 is 0.724 bits per heavy atom. The highest BCUT2D eigenvalue weighted by atomic mass is 31.2. The number of phosphoric ester groups is 1. The summed E-state index contributed by atoms with van der Waals surface area (Å²) in [7, 11) is -7.53. The quantitative estimate of drug-likeness (QED) is 0.115. The fourth-order valence-corrected chi connectivity index (χ4v) is 1.91. The van der Waals surface area contributed by atoms with Crippen LogP contribution in [-0.4, -0.2) is 93.2 Å². The van der Waals surface area contributed by atoms with Crippen LogP contribution in [0.4, 0.5) is 0 Å². The van der Waals surface area contributed by atoms with E-state index >= 15 is 0 Å². The second-order valence-corrected chi connectivity index (χ2v) is 5.82. The van der Waals surface area contributed by atoms with Crippen LogP contribution in [0.5, 0.6) is 0 Å². The summed E-state index contributed by atoms with van der Waals surface area (Å²) >= 11 is 0. The van der Waals surface area contributed by atoms with Gasteiger partial charge in [-0.1, -0.05) is 0 Å². The average molecular weight is 452 g/mol. The van der Waals surface area contributed by atoms with Gasteiger partial charge in [0.1, 0.15) is 0 Å². The first kappa shape index (κ1) is 31.1. The number of aliphatic carboxylic acids is 5. The summed E-state index contributed by atoms with van der Waals surface area (Å²) in [6.45, 7) is 0. The van der Waals surface area contributed by atoms with Gasteiger partial charge in [-0.3, -0.25) is 23.7 Å². The molecule has 0 aromatic heterocycles. The molecule has 29 heavy (non-hydrogen) atoms. The Balaban J connectivity index is -0.000000465. The first-order valence-corrected chi connectivity index (χ1v) is 8.28. The molecule has 0 fully saturated rings. The summed E-state index contributed by atoms with van der Waals surface area (Å²) in [5.74, 6) is -7.80. The molecule has 0 unspecified atom stereocenters. The first-order valence-electron chi connectivity index (χ1n) is 6.75. The monoisotopic (exact) mass is 452 g/mol. The van der Waals surface area contributed by atoms with Gasteiger partial charge in [-0.2, -0.15) is 0 Å². The van der Waals surface area contributed by atoms with Crippen LogP contribution in [0, 0.1) is 0 Å². The van der Waals surface area contributed by atoms with Gasteiger partial charge in [0.05, 0.1) is 25.7 Å². The molecule has 0 heterocycles. The number of hydrogen-bond acceptors (Lipinski definition) is 10. The van der Waals surface area contributed by atoms with Gasteiger partial charge >= 0.3 is 45.0 Å². The average Bonchev–Trinajstić information content (AvgIpc) is 2.41. The molecule has 0 spiro atoms. The minimum atomic E-state index is -5.36. The number of carboxylic acids is 5. The van der Waals surface area contributed by atoms with Crippen molar-refractivity contribution in [3.05, 3.63) is 0 Å². The molecule has 0 radical (unpaired) electrons. The molecule has 10 N–H and O–H groups in total. The normalized spacial score (nSPS) is 10.4. The lowest BCUT2D eigenvalue weighted by molar-refractivity contribution is -0.168. The van der Waals surface area contributed by atoms with E-state index in [1.807, 2.05) is 0 Å². The molecule has 0 saturated heterocycles. The lowest BCUT2D eigenvalue weighted by Crippen LogP contribution is -2.44. The van der Waals surface area contributed by atoms with Gasteiger partial charge in [-0.25, -0.2) is 9.36 Å². The Kier molecular flexibility index (Phi) is 15.5. The van der Waals surface area contributed by atoms with E-state index in [1.54, 1.807) is 0 Å². The number of rotatable bonds is 10. The molecule has 19 heteroatoms. The number of carbonyl (C=O) groups is 5. The van der Waals surface area contributed by atoms with E-state index in [-0.39, 0.29) is 12.8 Å². The summed E-state index contributed by atoms with van der Waals surface area (Å²) in [5.41, 5.74) is -3.02. The zero-order valence-corrected chi connectivity index (χ0v) is 15.1. The third kappa shape index (κ3) is 23.4. The fourth-order valence-electron chi connectivity index (χ4n) is 1.25. The highest BCUT2D eigenvalue weighted by molar-refractivity contribution is 7.46. The lowest BCUT2D eigenvalue weighted by Gasteiger charge is -2.26. The van der Waals surface area contributed by atoms with Gasteiger partial charge in [-0.15, -0.1) is 0 Å². The van der Waals surface area contributed by atoms with Gasteiger partial charge in [0.15, 0.2) is 5.60 Å². The Bertz CT molecular complexity index is 591. The minimum Gasteiger partial charge on any atom is -0.481 e. The molecule has 168 valence electrons. The Morgan fingerprint density at radius 2 is 1.00 bits per heavy atom. The molecule has 0 aliphatic rings. The van der Waals surface area contributed by atoms with Crippen LogP contribution in [0.15, 0.2) is 0 Å². The summed E-state index contributed by atoms with van der Waals surface area (Å²) < 4.78 is 14.4. The van der Waals surface area contributed by atoms with E-state index in [4.69, 9.17) is 50.4 Å². The molecule has 0 aromatic carbocycles. The molecule has 17 nitrogen and oxygen atoms in total. The molecule has 0 rings (SSSR count). The number of phosphoric acid groups is 1. The molecule has 0 amide bonds. The van der Waals surface area contributed by atoms with Crippen molar-refractivity contribution in [1.82, 2.24) is 0 Å². The fraction of sp³-hybridized carbons (Fsp3) is 0.500. The third-order valence-corrected chi connectivity index (χ3v) is 2.70. The molecular weight excluding hydrogens is 434 g/mol. The predicted molar refractivity (Wildman–Crippen MR) is 84.9 cm³/mol. The van der Waals surface area contributed by atoms with Crippen LogP contribution in [0.25, 0.3) is 0 Å². The predicted octanol–water partition coefficient (Wildman–Crippen LogP) is -3.25. The standard InChI is InChI=1S/C6H9O10P.C4H6O4.BH3O3/c7-3(8)1-6(5(11)12,2-4(9)10)16-17(13,14)15;5-3(6)1-2-4(7)8;2-1(3)4/h1-2H2,(H,7,8)(H,9,10)(H,11,12)(H2,13,14,15);1-2H2,(H,5,6)(H,7,8);2-4H. The van der Waals surface area contributed by atoms with E-state index < -0.39 is 63.4 Å².